The van der Waals surface area contributed by atoms with Gasteiger partial charge in [-0.15, -0.1) is 10.2 Å². The number of amides is 1. The van der Waals surface area contributed by atoms with E-state index in [1.165, 1.54) is 11.3 Å². The average Bonchev–Trinajstić information content (AvgIpc) is 2.87. The zero-order chi connectivity index (χ0) is 10.7. The van der Waals surface area contributed by atoms with E-state index in [2.05, 4.69) is 15.5 Å². The normalized spacial score (nSPS) is 20.5. The molecule has 1 fully saturated rings. The summed E-state index contributed by atoms with van der Waals surface area (Å²) in [5, 5.41) is 12.0. The lowest BCUT2D eigenvalue weighted by molar-refractivity contribution is -0.124. The molecule has 0 spiro atoms. The Morgan fingerprint density at radius 1 is 1.67 bits per heavy atom. The highest BCUT2D eigenvalue weighted by atomic mass is 32.1. The third kappa shape index (κ3) is 2.51. The van der Waals surface area contributed by atoms with Gasteiger partial charge in [-0.25, -0.2) is 0 Å². The van der Waals surface area contributed by atoms with Crippen LogP contribution >= 0.6 is 11.3 Å². The third-order valence-corrected chi connectivity index (χ3v) is 3.20. The molecule has 6 heteroatoms. The summed E-state index contributed by atoms with van der Waals surface area (Å²) in [4.78, 5) is 11.6. The fraction of sp³-hybridized carbons (Fsp3) is 0.667. The van der Waals surface area contributed by atoms with Gasteiger partial charge in [-0.2, -0.15) is 0 Å². The molecule has 1 aliphatic heterocycles. The van der Waals surface area contributed by atoms with Crippen LogP contribution in [0.3, 0.4) is 0 Å². The first-order valence-corrected chi connectivity index (χ1v) is 5.86. The monoisotopic (exact) mass is 227 g/mol. The summed E-state index contributed by atoms with van der Waals surface area (Å²) in [5.41, 5.74) is 0. The minimum atomic E-state index is -0.307. The molecule has 1 aromatic rings. The van der Waals surface area contributed by atoms with E-state index in [1.54, 1.807) is 0 Å². The summed E-state index contributed by atoms with van der Waals surface area (Å²) in [6, 6.07) is 0. The first-order chi connectivity index (χ1) is 7.29. The second-order valence-electron chi connectivity index (χ2n) is 3.35. The van der Waals surface area contributed by atoms with E-state index in [4.69, 9.17) is 4.74 Å². The first kappa shape index (κ1) is 10.5. The van der Waals surface area contributed by atoms with Gasteiger partial charge in [0.1, 0.15) is 11.1 Å². The fourth-order valence-corrected chi connectivity index (χ4v) is 2.10. The molecule has 0 aromatic carbocycles. The minimum absolute atomic E-state index is 0.105. The highest BCUT2D eigenvalue weighted by Gasteiger charge is 2.24. The van der Waals surface area contributed by atoms with Crippen molar-refractivity contribution in [1.29, 1.82) is 0 Å². The van der Waals surface area contributed by atoms with Crippen LogP contribution in [-0.4, -0.2) is 28.8 Å². The maximum Gasteiger partial charge on any atom is 0.255 e. The van der Waals surface area contributed by atoms with Gasteiger partial charge in [0.05, 0.1) is 0 Å². The lowest BCUT2D eigenvalue weighted by atomic mass is 10.2. The number of carbonyl (C=O) groups is 1. The van der Waals surface area contributed by atoms with Gasteiger partial charge in [-0.3, -0.25) is 10.1 Å². The molecule has 0 unspecified atom stereocenters. The summed E-state index contributed by atoms with van der Waals surface area (Å²) < 4.78 is 5.26. The number of aryl methyl sites for hydroxylation is 1. The number of anilines is 1. The van der Waals surface area contributed by atoms with Gasteiger partial charge in [-0.05, 0) is 19.3 Å². The van der Waals surface area contributed by atoms with Crippen molar-refractivity contribution in [2.24, 2.45) is 0 Å². The molecule has 82 valence electrons. The first-order valence-electron chi connectivity index (χ1n) is 5.04. The van der Waals surface area contributed by atoms with Gasteiger partial charge in [0.2, 0.25) is 5.13 Å². The number of hydrogen-bond acceptors (Lipinski definition) is 5. The van der Waals surface area contributed by atoms with Gasteiger partial charge >= 0.3 is 0 Å². The zero-order valence-corrected chi connectivity index (χ0v) is 9.34. The van der Waals surface area contributed by atoms with Crippen molar-refractivity contribution in [2.45, 2.75) is 32.3 Å². The van der Waals surface area contributed by atoms with Gasteiger partial charge in [0, 0.05) is 6.61 Å². The van der Waals surface area contributed by atoms with Crippen LogP contribution in [0.15, 0.2) is 0 Å². The topological polar surface area (TPSA) is 64.1 Å². The Morgan fingerprint density at radius 2 is 2.53 bits per heavy atom. The number of rotatable bonds is 3. The second-order valence-corrected chi connectivity index (χ2v) is 4.41. The van der Waals surface area contributed by atoms with Gasteiger partial charge in [0.25, 0.3) is 5.91 Å². The molecule has 0 bridgehead atoms. The van der Waals surface area contributed by atoms with Gasteiger partial charge < -0.3 is 4.74 Å². The van der Waals surface area contributed by atoms with Crippen LogP contribution in [0.25, 0.3) is 0 Å². The lowest BCUT2D eigenvalue weighted by Gasteiger charge is -2.06. The van der Waals surface area contributed by atoms with E-state index >= 15 is 0 Å². The van der Waals surface area contributed by atoms with Gasteiger partial charge in [0.15, 0.2) is 0 Å². The van der Waals surface area contributed by atoms with Crippen molar-refractivity contribution < 1.29 is 9.53 Å². The predicted octanol–water partition coefficient (Wildman–Crippen LogP) is 1.22. The van der Waals surface area contributed by atoms with Crippen molar-refractivity contribution in [3.63, 3.8) is 0 Å². The molecule has 1 atom stereocenters. The molecule has 1 aliphatic rings. The minimum Gasteiger partial charge on any atom is -0.368 e. The number of nitrogens with zero attached hydrogens (tertiary/aromatic N) is 2. The molecule has 1 aromatic heterocycles. The Bertz CT molecular complexity index is 347. The fourth-order valence-electron chi connectivity index (χ4n) is 1.42. The number of carbonyl (C=O) groups excluding carboxylic acids is 1. The Labute approximate surface area is 91.9 Å². The molecule has 1 N–H and O–H groups in total. The Kier molecular flexibility index (Phi) is 3.27. The quantitative estimate of drug-likeness (QED) is 0.843. The van der Waals surface area contributed by atoms with Gasteiger partial charge in [-0.1, -0.05) is 18.3 Å². The average molecular weight is 227 g/mol. The maximum absolute atomic E-state index is 11.6. The van der Waals surface area contributed by atoms with Crippen molar-refractivity contribution in [2.75, 3.05) is 11.9 Å². The number of aromatic nitrogens is 2. The van der Waals surface area contributed by atoms with Crippen LogP contribution in [0.5, 0.6) is 0 Å². The molecule has 0 aliphatic carbocycles. The second kappa shape index (κ2) is 4.67. The zero-order valence-electron chi connectivity index (χ0n) is 8.52. The molecular formula is C9H13N3O2S. The van der Waals surface area contributed by atoms with Crippen LogP contribution in [0.2, 0.25) is 0 Å². The molecule has 0 saturated carbocycles. The molecule has 2 heterocycles. The van der Waals surface area contributed by atoms with Crippen molar-refractivity contribution in [3.8, 4) is 0 Å². The number of nitrogens with one attached hydrogen (secondary N) is 1. The van der Waals surface area contributed by atoms with Crippen LogP contribution in [0.1, 0.15) is 24.8 Å². The van der Waals surface area contributed by atoms with E-state index in [0.29, 0.717) is 11.7 Å². The Balaban J connectivity index is 1.92. The van der Waals surface area contributed by atoms with Crippen molar-refractivity contribution in [1.82, 2.24) is 10.2 Å². The third-order valence-electron chi connectivity index (χ3n) is 2.22. The van der Waals surface area contributed by atoms with Crippen LogP contribution in [0, 0.1) is 0 Å². The predicted molar refractivity (Wildman–Crippen MR) is 56.9 cm³/mol. The smallest absolute Gasteiger partial charge is 0.255 e. The Hall–Kier alpha value is -1.01. The highest BCUT2D eigenvalue weighted by molar-refractivity contribution is 7.15. The maximum atomic E-state index is 11.6. The molecule has 2 rings (SSSR count). The van der Waals surface area contributed by atoms with Crippen molar-refractivity contribution in [3.05, 3.63) is 5.01 Å². The standard InChI is InChI=1S/C9H13N3O2S/c1-2-7-11-12-9(15-7)10-8(13)6-4-3-5-14-6/h6H,2-5H2,1H3,(H,10,12,13)/t6-/m0/s1. The van der Waals surface area contributed by atoms with Crippen molar-refractivity contribution >= 4 is 22.4 Å². The Morgan fingerprint density at radius 3 is 3.13 bits per heavy atom. The molecule has 5 nitrogen and oxygen atoms in total. The summed E-state index contributed by atoms with van der Waals surface area (Å²) in [7, 11) is 0. The molecule has 1 amide bonds. The molecular weight excluding hydrogens is 214 g/mol. The summed E-state index contributed by atoms with van der Waals surface area (Å²) >= 11 is 1.41. The lowest BCUT2D eigenvalue weighted by Crippen LogP contribution is -2.26. The highest BCUT2D eigenvalue weighted by Crippen LogP contribution is 2.18. The van der Waals surface area contributed by atoms with E-state index < -0.39 is 0 Å². The number of hydrogen-bond donors (Lipinski definition) is 1. The van der Waals surface area contributed by atoms with Crippen LogP contribution in [-0.2, 0) is 16.0 Å². The summed E-state index contributed by atoms with van der Waals surface area (Å²) in [6.07, 6.45) is 2.28. The largest absolute Gasteiger partial charge is 0.368 e. The SMILES string of the molecule is CCc1nnc(NC(=O)[C@@H]2CCCO2)s1. The van der Waals surface area contributed by atoms with E-state index in [9.17, 15) is 4.79 Å². The molecule has 0 radical (unpaired) electrons. The molecule has 1 saturated heterocycles. The van der Waals surface area contributed by atoms with E-state index in [-0.39, 0.29) is 12.0 Å². The molecule has 15 heavy (non-hydrogen) atoms. The summed E-state index contributed by atoms with van der Waals surface area (Å²) in [6.45, 7) is 2.68. The van der Waals surface area contributed by atoms with E-state index in [1.807, 2.05) is 6.92 Å². The summed E-state index contributed by atoms with van der Waals surface area (Å²) in [5.74, 6) is -0.105. The van der Waals surface area contributed by atoms with Crippen LogP contribution < -0.4 is 5.32 Å². The van der Waals surface area contributed by atoms with E-state index in [0.717, 1.165) is 24.3 Å². The van der Waals surface area contributed by atoms with Crippen LogP contribution in [0.4, 0.5) is 5.13 Å². The number of ether oxygens (including phenoxy) is 1.